The van der Waals surface area contributed by atoms with E-state index in [2.05, 4.69) is 31.5 Å². The van der Waals surface area contributed by atoms with Crippen molar-refractivity contribution in [3.63, 3.8) is 0 Å². The van der Waals surface area contributed by atoms with Crippen molar-refractivity contribution in [3.05, 3.63) is 21.8 Å². The third kappa shape index (κ3) is 3.10. The largest absolute Gasteiger partial charge is 0.365 e. The molecule has 0 amide bonds. The summed E-state index contributed by atoms with van der Waals surface area (Å²) in [5.74, 6) is 0.546. The van der Waals surface area contributed by atoms with E-state index in [0.717, 1.165) is 4.47 Å². The monoisotopic (exact) mass is 279 g/mol. The molecule has 0 aliphatic carbocycles. The van der Waals surface area contributed by atoms with Gasteiger partial charge in [-0.15, -0.1) is 0 Å². The molecule has 1 aromatic rings. The molecule has 0 atom stereocenters. The van der Waals surface area contributed by atoms with Crippen molar-refractivity contribution in [2.75, 3.05) is 12.4 Å². The molecule has 70 valence electrons. The fraction of sp³-hybridized carbons (Fsp3) is 0.143. The maximum absolute atomic E-state index is 5.89. The summed E-state index contributed by atoms with van der Waals surface area (Å²) in [5, 5.41) is 6.61. The summed E-state index contributed by atoms with van der Waals surface area (Å²) in [4.78, 5) is 4.05. The third-order valence-corrected chi connectivity index (χ3v) is 2.29. The smallest absolute Gasteiger partial charge is 0.171 e. The molecule has 6 heteroatoms. The Hall–Kier alpha value is -0.390. The quantitative estimate of drug-likeness (QED) is 0.775. The maximum Gasteiger partial charge on any atom is 0.171 e. The van der Waals surface area contributed by atoms with E-state index >= 15 is 0 Å². The van der Waals surface area contributed by atoms with Crippen molar-refractivity contribution in [2.24, 2.45) is 0 Å². The predicted octanol–water partition coefficient (Wildman–Crippen LogP) is 2.41. The zero-order valence-electron chi connectivity index (χ0n) is 6.77. The minimum absolute atomic E-state index is 0.483. The van der Waals surface area contributed by atoms with Gasteiger partial charge in [-0.05, 0) is 34.2 Å². The molecule has 0 saturated carbocycles. The lowest BCUT2D eigenvalue weighted by Gasteiger charge is -2.07. The highest BCUT2D eigenvalue weighted by atomic mass is 79.9. The molecular weight excluding hydrogens is 274 g/mol. The Morgan fingerprint density at radius 1 is 1.69 bits per heavy atom. The van der Waals surface area contributed by atoms with E-state index in [-0.39, 0.29) is 0 Å². The Morgan fingerprint density at radius 3 is 2.92 bits per heavy atom. The number of thiocarbonyl (C=S) groups is 1. The molecule has 0 unspecified atom stereocenters. The van der Waals surface area contributed by atoms with Crippen LogP contribution >= 0.6 is 39.7 Å². The normalized spacial score (nSPS) is 9.46. The van der Waals surface area contributed by atoms with Crippen molar-refractivity contribution in [1.82, 2.24) is 10.3 Å². The van der Waals surface area contributed by atoms with Gasteiger partial charge >= 0.3 is 0 Å². The van der Waals surface area contributed by atoms with E-state index in [4.69, 9.17) is 23.8 Å². The highest BCUT2D eigenvalue weighted by Gasteiger charge is 2.02. The number of nitrogens with one attached hydrogen (secondary N) is 2. The SMILES string of the molecule is CNC(=S)Nc1ncc(Br)cc1Cl. The molecule has 0 aliphatic heterocycles. The summed E-state index contributed by atoms with van der Waals surface area (Å²) < 4.78 is 0.832. The van der Waals surface area contributed by atoms with E-state index in [9.17, 15) is 0 Å². The van der Waals surface area contributed by atoms with Gasteiger partial charge in [0.15, 0.2) is 10.9 Å². The van der Waals surface area contributed by atoms with Gasteiger partial charge < -0.3 is 10.6 Å². The van der Waals surface area contributed by atoms with Gasteiger partial charge in [-0.25, -0.2) is 4.98 Å². The summed E-state index contributed by atoms with van der Waals surface area (Å²) in [6.07, 6.45) is 1.65. The van der Waals surface area contributed by atoms with E-state index < -0.39 is 0 Å². The van der Waals surface area contributed by atoms with Gasteiger partial charge in [-0.3, -0.25) is 0 Å². The Bertz CT molecular complexity index is 332. The molecule has 0 fully saturated rings. The van der Waals surface area contributed by atoms with E-state index in [1.54, 1.807) is 19.3 Å². The highest BCUT2D eigenvalue weighted by Crippen LogP contribution is 2.22. The molecule has 0 saturated heterocycles. The molecule has 13 heavy (non-hydrogen) atoms. The van der Waals surface area contributed by atoms with Crippen LogP contribution in [0.1, 0.15) is 0 Å². The van der Waals surface area contributed by atoms with Gasteiger partial charge in [0, 0.05) is 17.7 Å². The van der Waals surface area contributed by atoms with Crippen molar-refractivity contribution in [1.29, 1.82) is 0 Å². The number of hydrogen-bond donors (Lipinski definition) is 2. The Labute approximate surface area is 95.0 Å². The van der Waals surface area contributed by atoms with Crippen LogP contribution in [0.5, 0.6) is 0 Å². The lowest BCUT2D eigenvalue weighted by molar-refractivity contribution is 1.18. The average molecular weight is 281 g/mol. The van der Waals surface area contributed by atoms with Crippen molar-refractivity contribution >= 4 is 50.7 Å². The van der Waals surface area contributed by atoms with E-state index in [0.29, 0.717) is 16.0 Å². The Morgan fingerprint density at radius 2 is 2.38 bits per heavy atom. The minimum Gasteiger partial charge on any atom is -0.365 e. The number of rotatable bonds is 1. The molecule has 3 nitrogen and oxygen atoms in total. The molecule has 1 rings (SSSR count). The van der Waals surface area contributed by atoms with Crippen LogP contribution in [-0.4, -0.2) is 17.1 Å². The number of nitrogens with zero attached hydrogens (tertiary/aromatic N) is 1. The van der Waals surface area contributed by atoms with Gasteiger partial charge in [0.1, 0.15) is 0 Å². The summed E-state index contributed by atoms with van der Waals surface area (Å²) in [5.41, 5.74) is 0. The van der Waals surface area contributed by atoms with E-state index in [1.807, 2.05) is 0 Å². The van der Waals surface area contributed by atoms with Crippen LogP contribution < -0.4 is 10.6 Å². The average Bonchev–Trinajstić information content (AvgIpc) is 2.09. The van der Waals surface area contributed by atoms with Gasteiger partial charge in [-0.1, -0.05) is 11.6 Å². The molecule has 0 aliphatic rings. The van der Waals surface area contributed by atoms with Gasteiger partial charge in [0.25, 0.3) is 0 Å². The van der Waals surface area contributed by atoms with Gasteiger partial charge in [-0.2, -0.15) is 0 Å². The van der Waals surface area contributed by atoms with Crippen molar-refractivity contribution < 1.29 is 0 Å². The first-order chi connectivity index (χ1) is 6.13. The molecule has 0 radical (unpaired) electrons. The number of hydrogen-bond acceptors (Lipinski definition) is 2. The third-order valence-electron chi connectivity index (χ3n) is 1.27. The van der Waals surface area contributed by atoms with Crippen molar-refractivity contribution in [3.8, 4) is 0 Å². The summed E-state index contributed by atoms with van der Waals surface area (Å²) in [6.45, 7) is 0. The highest BCUT2D eigenvalue weighted by molar-refractivity contribution is 9.10. The standard InChI is InChI=1S/C7H7BrClN3S/c1-10-7(13)12-6-5(9)2-4(8)3-11-6/h2-3H,1H3,(H2,10,11,12,13). The molecule has 1 heterocycles. The fourth-order valence-electron chi connectivity index (χ4n) is 0.677. The number of aromatic nitrogens is 1. The Balaban J connectivity index is 2.83. The van der Waals surface area contributed by atoms with Gasteiger partial charge in [0.05, 0.1) is 5.02 Å². The summed E-state index contributed by atoms with van der Waals surface area (Å²) in [6, 6.07) is 1.75. The molecule has 0 spiro atoms. The lowest BCUT2D eigenvalue weighted by Crippen LogP contribution is -2.24. The molecule has 0 aromatic carbocycles. The van der Waals surface area contributed by atoms with Crippen LogP contribution in [0, 0.1) is 0 Å². The van der Waals surface area contributed by atoms with Crippen molar-refractivity contribution in [2.45, 2.75) is 0 Å². The topological polar surface area (TPSA) is 37.0 Å². The molecule has 0 bridgehead atoms. The first-order valence-electron chi connectivity index (χ1n) is 3.43. The predicted molar refractivity (Wildman–Crippen MR) is 62.2 cm³/mol. The first-order valence-corrected chi connectivity index (χ1v) is 5.01. The lowest BCUT2D eigenvalue weighted by atomic mass is 10.4. The summed E-state index contributed by atoms with van der Waals surface area (Å²) >= 11 is 14.0. The zero-order valence-corrected chi connectivity index (χ0v) is 9.92. The number of halogens is 2. The van der Waals surface area contributed by atoms with Crippen LogP contribution in [-0.2, 0) is 0 Å². The number of anilines is 1. The van der Waals surface area contributed by atoms with Crippen LogP contribution in [0.15, 0.2) is 16.7 Å². The van der Waals surface area contributed by atoms with Crippen LogP contribution in [0.4, 0.5) is 5.82 Å². The molecule has 1 aromatic heterocycles. The molecular formula is C7H7BrClN3S. The maximum atomic E-state index is 5.89. The Kier molecular flexibility index (Phi) is 3.90. The van der Waals surface area contributed by atoms with Crippen LogP contribution in [0.25, 0.3) is 0 Å². The minimum atomic E-state index is 0.483. The van der Waals surface area contributed by atoms with E-state index in [1.165, 1.54) is 0 Å². The van der Waals surface area contributed by atoms with Crippen LogP contribution in [0.3, 0.4) is 0 Å². The first kappa shape index (κ1) is 10.7. The second kappa shape index (κ2) is 4.74. The number of pyridine rings is 1. The molecule has 2 N–H and O–H groups in total. The second-order valence-corrected chi connectivity index (χ2v) is 3.92. The second-order valence-electron chi connectivity index (χ2n) is 2.19. The fourth-order valence-corrected chi connectivity index (χ4v) is 1.45. The zero-order chi connectivity index (χ0) is 9.84. The van der Waals surface area contributed by atoms with Gasteiger partial charge in [0.2, 0.25) is 0 Å². The summed E-state index contributed by atoms with van der Waals surface area (Å²) in [7, 11) is 1.72. The van der Waals surface area contributed by atoms with Crippen LogP contribution in [0.2, 0.25) is 5.02 Å².